The SMILES string of the molecule is CCOC(=O)C1CCCN(C(=O)C(=O)N2CCN(CCO)CC2)C1. The van der Waals surface area contributed by atoms with Crippen molar-refractivity contribution in [2.75, 3.05) is 59.0 Å². The number of hydrogen-bond donors (Lipinski definition) is 1. The number of carbonyl (C=O) groups excluding carboxylic acids is 3. The molecule has 24 heavy (non-hydrogen) atoms. The molecule has 0 aliphatic carbocycles. The monoisotopic (exact) mass is 341 g/mol. The zero-order valence-electron chi connectivity index (χ0n) is 14.3. The first-order valence-corrected chi connectivity index (χ1v) is 8.64. The van der Waals surface area contributed by atoms with E-state index in [0.717, 1.165) is 0 Å². The average molecular weight is 341 g/mol. The average Bonchev–Trinajstić information content (AvgIpc) is 2.62. The number of hydrogen-bond acceptors (Lipinski definition) is 6. The summed E-state index contributed by atoms with van der Waals surface area (Å²) < 4.78 is 5.02. The van der Waals surface area contributed by atoms with Crippen LogP contribution in [0.25, 0.3) is 0 Å². The Kier molecular flexibility index (Phi) is 6.99. The largest absolute Gasteiger partial charge is 0.466 e. The lowest BCUT2D eigenvalue weighted by Crippen LogP contribution is -2.55. The number of esters is 1. The van der Waals surface area contributed by atoms with Gasteiger partial charge in [0.25, 0.3) is 0 Å². The van der Waals surface area contributed by atoms with E-state index in [0.29, 0.717) is 58.7 Å². The van der Waals surface area contributed by atoms with E-state index in [1.807, 2.05) is 0 Å². The molecule has 2 saturated heterocycles. The molecular weight excluding hydrogens is 314 g/mol. The lowest BCUT2D eigenvalue weighted by molar-refractivity contribution is -0.157. The summed E-state index contributed by atoms with van der Waals surface area (Å²) in [6.45, 7) is 5.80. The molecule has 0 bridgehead atoms. The Hall–Kier alpha value is -1.67. The van der Waals surface area contributed by atoms with Crippen LogP contribution in [0.15, 0.2) is 0 Å². The fraction of sp³-hybridized carbons (Fsp3) is 0.812. The maximum atomic E-state index is 12.5. The summed E-state index contributed by atoms with van der Waals surface area (Å²) >= 11 is 0. The summed E-state index contributed by atoms with van der Waals surface area (Å²) in [5.41, 5.74) is 0. The molecule has 8 nitrogen and oxygen atoms in total. The zero-order valence-corrected chi connectivity index (χ0v) is 14.3. The minimum Gasteiger partial charge on any atom is -0.466 e. The zero-order chi connectivity index (χ0) is 17.5. The molecule has 2 heterocycles. The number of aliphatic hydroxyl groups is 1. The summed E-state index contributed by atoms with van der Waals surface area (Å²) in [4.78, 5) is 41.8. The van der Waals surface area contributed by atoms with Gasteiger partial charge in [0.2, 0.25) is 0 Å². The summed E-state index contributed by atoms with van der Waals surface area (Å²) in [6.07, 6.45) is 1.39. The Morgan fingerprint density at radius 1 is 1.04 bits per heavy atom. The molecule has 2 rings (SSSR count). The molecule has 136 valence electrons. The Bertz CT molecular complexity index is 463. The van der Waals surface area contributed by atoms with Crippen LogP contribution in [0, 0.1) is 5.92 Å². The lowest BCUT2D eigenvalue weighted by Gasteiger charge is -2.36. The van der Waals surface area contributed by atoms with Gasteiger partial charge < -0.3 is 19.6 Å². The second-order valence-electron chi connectivity index (χ2n) is 6.20. The highest BCUT2D eigenvalue weighted by molar-refractivity contribution is 6.35. The molecule has 0 aromatic carbocycles. The summed E-state index contributed by atoms with van der Waals surface area (Å²) in [5, 5.41) is 8.94. The third-order valence-electron chi connectivity index (χ3n) is 4.59. The number of β-amino-alcohol motifs (C(OH)–C–C–N with tert-alkyl or cyclic N) is 1. The van der Waals surface area contributed by atoms with Crippen molar-refractivity contribution in [3.05, 3.63) is 0 Å². The number of piperazine rings is 1. The van der Waals surface area contributed by atoms with Crippen LogP contribution in [0.3, 0.4) is 0 Å². The van der Waals surface area contributed by atoms with Crippen LogP contribution in [0.2, 0.25) is 0 Å². The smallest absolute Gasteiger partial charge is 0.312 e. The Labute approximate surface area is 142 Å². The van der Waals surface area contributed by atoms with E-state index in [1.165, 1.54) is 4.90 Å². The first-order chi connectivity index (χ1) is 11.6. The number of nitrogens with zero attached hydrogens (tertiary/aromatic N) is 3. The molecular formula is C16H27N3O5. The van der Waals surface area contributed by atoms with Crippen molar-refractivity contribution in [2.24, 2.45) is 5.92 Å². The molecule has 8 heteroatoms. The molecule has 1 atom stereocenters. The van der Waals surface area contributed by atoms with Crippen LogP contribution in [-0.4, -0.2) is 96.6 Å². The van der Waals surface area contributed by atoms with E-state index < -0.39 is 11.8 Å². The van der Waals surface area contributed by atoms with Crippen LogP contribution in [0.5, 0.6) is 0 Å². The number of likely N-dealkylation sites (tertiary alicyclic amines) is 1. The number of piperidine rings is 1. The van der Waals surface area contributed by atoms with Crippen LogP contribution in [0.1, 0.15) is 19.8 Å². The number of aliphatic hydroxyl groups excluding tert-OH is 1. The molecule has 2 aliphatic rings. The summed E-state index contributed by atoms with van der Waals surface area (Å²) in [5.74, 6) is -1.65. The van der Waals surface area contributed by atoms with E-state index in [1.54, 1.807) is 11.8 Å². The first-order valence-electron chi connectivity index (χ1n) is 8.64. The number of rotatable bonds is 4. The number of carbonyl (C=O) groups is 3. The fourth-order valence-electron chi connectivity index (χ4n) is 3.20. The van der Waals surface area contributed by atoms with Crippen molar-refractivity contribution in [1.82, 2.24) is 14.7 Å². The number of ether oxygens (including phenoxy) is 1. The molecule has 2 aliphatic heterocycles. The summed E-state index contributed by atoms with van der Waals surface area (Å²) in [7, 11) is 0. The van der Waals surface area contributed by atoms with Gasteiger partial charge >= 0.3 is 17.8 Å². The Morgan fingerprint density at radius 2 is 1.71 bits per heavy atom. The molecule has 1 unspecified atom stereocenters. The molecule has 2 fully saturated rings. The fourth-order valence-corrected chi connectivity index (χ4v) is 3.20. The van der Waals surface area contributed by atoms with Crippen LogP contribution < -0.4 is 0 Å². The Morgan fingerprint density at radius 3 is 2.33 bits per heavy atom. The topological polar surface area (TPSA) is 90.4 Å². The standard InChI is InChI=1S/C16H27N3O5/c1-2-24-16(23)13-4-3-5-19(12-13)15(22)14(21)18-8-6-17(7-9-18)10-11-20/h13,20H,2-12H2,1H3. The highest BCUT2D eigenvalue weighted by atomic mass is 16.5. The van der Waals surface area contributed by atoms with Gasteiger partial charge in [-0.05, 0) is 19.8 Å². The van der Waals surface area contributed by atoms with Gasteiger partial charge in [0.1, 0.15) is 0 Å². The van der Waals surface area contributed by atoms with Gasteiger partial charge in [0, 0.05) is 45.8 Å². The minimum absolute atomic E-state index is 0.0932. The van der Waals surface area contributed by atoms with Crippen molar-refractivity contribution < 1.29 is 24.2 Å². The van der Waals surface area contributed by atoms with Gasteiger partial charge in [-0.2, -0.15) is 0 Å². The predicted octanol–water partition coefficient (Wildman–Crippen LogP) is -1.08. The molecule has 0 aromatic heterocycles. The minimum atomic E-state index is -0.528. The van der Waals surface area contributed by atoms with E-state index >= 15 is 0 Å². The quantitative estimate of drug-likeness (QED) is 0.517. The molecule has 0 spiro atoms. The third-order valence-corrected chi connectivity index (χ3v) is 4.59. The van der Waals surface area contributed by atoms with Crippen molar-refractivity contribution in [1.29, 1.82) is 0 Å². The van der Waals surface area contributed by atoms with Crippen molar-refractivity contribution >= 4 is 17.8 Å². The highest BCUT2D eigenvalue weighted by Crippen LogP contribution is 2.18. The van der Waals surface area contributed by atoms with E-state index in [2.05, 4.69) is 4.90 Å². The van der Waals surface area contributed by atoms with Crippen molar-refractivity contribution in [2.45, 2.75) is 19.8 Å². The predicted molar refractivity (Wildman–Crippen MR) is 86.0 cm³/mol. The molecule has 1 N–H and O–H groups in total. The molecule has 2 amide bonds. The van der Waals surface area contributed by atoms with E-state index in [9.17, 15) is 14.4 Å². The highest BCUT2D eigenvalue weighted by Gasteiger charge is 2.34. The number of amides is 2. The third kappa shape index (κ3) is 4.67. The van der Waals surface area contributed by atoms with Gasteiger partial charge in [-0.1, -0.05) is 0 Å². The maximum absolute atomic E-state index is 12.5. The van der Waals surface area contributed by atoms with Crippen molar-refractivity contribution in [3.63, 3.8) is 0 Å². The second kappa shape index (κ2) is 8.98. The van der Waals surface area contributed by atoms with E-state index in [4.69, 9.17) is 9.84 Å². The van der Waals surface area contributed by atoms with Crippen LogP contribution in [-0.2, 0) is 19.1 Å². The maximum Gasteiger partial charge on any atom is 0.312 e. The van der Waals surface area contributed by atoms with Crippen LogP contribution in [0.4, 0.5) is 0 Å². The van der Waals surface area contributed by atoms with E-state index in [-0.39, 0.29) is 25.0 Å². The first kappa shape index (κ1) is 18.7. The summed E-state index contributed by atoms with van der Waals surface area (Å²) in [6, 6.07) is 0. The Balaban J connectivity index is 1.86. The van der Waals surface area contributed by atoms with Gasteiger partial charge in [0.15, 0.2) is 0 Å². The van der Waals surface area contributed by atoms with Gasteiger partial charge in [0.05, 0.1) is 19.1 Å². The van der Waals surface area contributed by atoms with Crippen molar-refractivity contribution in [3.8, 4) is 0 Å². The van der Waals surface area contributed by atoms with Gasteiger partial charge in [-0.15, -0.1) is 0 Å². The molecule has 0 aromatic rings. The van der Waals surface area contributed by atoms with Gasteiger partial charge in [-0.3, -0.25) is 19.3 Å². The lowest BCUT2D eigenvalue weighted by atomic mass is 9.98. The molecule has 0 radical (unpaired) electrons. The van der Waals surface area contributed by atoms with Crippen LogP contribution >= 0.6 is 0 Å². The molecule has 0 saturated carbocycles. The second-order valence-corrected chi connectivity index (χ2v) is 6.20. The van der Waals surface area contributed by atoms with Gasteiger partial charge in [-0.25, -0.2) is 0 Å². The normalized spacial score (nSPS) is 22.3.